The van der Waals surface area contributed by atoms with Gasteiger partial charge in [-0.1, -0.05) is 0 Å². The average Bonchev–Trinajstić information content (AvgIpc) is 2.89. The van der Waals surface area contributed by atoms with Crippen LogP contribution in [0.3, 0.4) is 0 Å². The number of carbonyl (C=O) groups excluding carboxylic acids is 2. The second-order valence-electron chi connectivity index (χ2n) is 6.64. The minimum atomic E-state index is -0.494. The second-order valence-corrected chi connectivity index (χ2v) is 7.42. The van der Waals surface area contributed by atoms with Gasteiger partial charge < -0.3 is 15.0 Å². The number of likely N-dealkylation sites (tertiary alicyclic amines) is 1. The molecule has 0 spiro atoms. The zero-order valence-corrected chi connectivity index (χ0v) is 14.2. The first-order valence-corrected chi connectivity index (χ1v) is 8.56. The van der Waals surface area contributed by atoms with Crippen LogP contribution in [-0.2, 0) is 16.0 Å². The number of carbonyl (C=O) groups is 2. The molecule has 122 valence electrons. The molecule has 6 heteroatoms. The molecule has 1 saturated heterocycles. The summed E-state index contributed by atoms with van der Waals surface area (Å²) in [6.45, 7) is 6.77. The third-order valence-electron chi connectivity index (χ3n) is 3.38. The van der Waals surface area contributed by atoms with Crippen molar-refractivity contribution in [2.24, 2.45) is 0 Å². The molecular formula is C16H24N2O3S. The minimum absolute atomic E-state index is 0.00686. The quantitative estimate of drug-likeness (QED) is 0.930. The predicted octanol–water partition coefficient (Wildman–Crippen LogP) is 2.81. The molecule has 1 aliphatic rings. The molecule has 0 bridgehead atoms. The summed E-state index contributed by atoms with van der Waals surface area (Å²) in [7, 11) is 0. The van der Waals surface area contributed by atoms with Crippen molar-refractivity contribution >= 4 is 23.3 Å². The van der Waals surface area contributed by atoms with Crippen molar-refractivity contribution in [3.8, 4) is 0 Å². The van der Waals surface area contributed by atoms with Gasteiger partial charge >= 0.3 is 6.09 Å². The van der Waals surface area contributed by atoms with Gasteiger partial charge in [0.15, 0.2) is 0 Å². The Morgan fingerprint density at radius 3 is 2.86 bits per heavy atom. The standard InChI is InChI=1S/C16H24N2O3S/c1-16(2,3)21-15(20)18-7-4-5-13(10-18)17-14(19)9-12-6-8-22-11-12/h6,8,11,13H,4-5,7,9-10H2,1-3H3,(H,17,19). The summed E-state index contributed by atoms with van der Waals surface area (Å²) < 4.78 is 5.39. The maximum Gasteiger partial charge on any atom is 0.410 e. The van der Waals surface area contributed by atoms with Gasteiger partial charge in [0.25, 0.3) is 0 Å². The highest BCUT2D eigenvalue weighted by molar-refractivity contribution is 7.07. The Balaban J connectivity index is 1.82. The molecule has 1 aromatic heterocycles. The van der Waals surface area contributed by atoms with E-state index in [1.54, 1.807) is 16.2 Å². The molecule has 1 atom stereocenters. The van der Waals surface area contributed by atoms with Gasteiger partial charge in [0.1, 0.15) is 5.60 Å². The van der Waals surface area contributed by atoms with Gasteiger partial charge in [-0.3, -0.25) is 4.79 Å². The molecular weight excluding hydrogens is 300 g/mol. The molecule has 0 radical (unpaired) electrons. The number of thiophene rings is 1. The Bertz CT molecular complexity index is 508. The molecule has 22 heavy (non-hydrogen) atoms. The van der Waals surface area contributed by atoms with Gasteiger partial charge in [-0.15, -0.1) is 0 Å². The van der Waals surface area contributed by atoms with E-state index in [0.717, 1.165) is 18.4 Å². The summed E-state index contributed by atoms with van der Waals surface area (Å²) in [5.74, 6) is 0.00874. The Morgan fingerprint density at radius 1 is 1.45 bits per heavy atom. The van der Waals surface area contributed by atoms with Crippen LogP contribution in [0, 0.1) is 0 Å². The van der Waals surface area contributed by atoms with Gasteiger partial charge in [0.2, 0.25) is 5.91 Å². The van der Waals surface area contributed by atoms with Gasteiger partial charge in [-0.05, 0) is 56.0 Å². The van der Waals surface area contributed by atoms with Crippen LogP contribution in [0.25, 0.3) is 0 Å². The molecule has 1 aromatic rings. The van der Waals surface area contributed by atoms with Gasteiger partial charge in [0.05, 0.1) is 6.42 Å². The van der Waals surface area contributed by atoms with Crippen molar-refractivity contribution in [2.75, 3.05) is 13.1 Å². The van der Waals surface area contributed by atoms with Gasteiger partial charge in [-0.25, -0.2) is 4.79 Å². The summed E-state index contributed by atoms with van der Waals surface area (Å²) in [5.41, 5.74) is 0.536. The number of piperidine rings is 1. The lowest BCUT2D eigenvalue weighted by atomic mass is 10.1. The third-order valence-corrected chi connectivity index (χ3v) is 4.12. The number of nitrogens with zero attached hydrogens (tertiary/aromatic N) is 1. The van der Waals surface area contributed by atoms with Crippen LogP contribution >= 0.6 is 11.3 Å². The lowest BCUT2D eigenvalue weighted by Gasteiger charge is -2.34. The van der Waals surface area contributed by atoms with E-state index in [-0.39, 0.29) is 18.0 Å². The van der Waals surface area contributed by atoms with Crippen LogP contribution < -0.4 is 5.32 Å². The van der Waals surface area contributed by atoms with E-state index in [9.17, 15) is 9.59 Å². The summed E-state index contributed by atoms with van der Waals surface area (Å²) in [6.07, 6.45) is 1.87. The maximum atomic E-state index is 12.1. The summed E-state index contributed by atoms with van der Waals surface area (Å²) >= 11 is 1.59. The highest BCUT2D eigenvalue weighted by Crippen LogP contribution is 2.15. The molecule has 1 unspecified atom stereocenters. The number of hydrogen-bond donors (Lipinski definition) is 1. The number of ether oxygens (including phenoxy) is 1. The molecule has 1 fully saturated rings. The largest absolute Gasteiger partial charge is 0.444 e. The summed E-state index contributed by atoms with van der Waals surface area (Å²) in [5, 5.41) is 6.97. The molecule has 0 saturated carbocycles. The van der Waals surface area contributed by atoms with Crippen LogP contribution in [0.15, 0.2) is 16.8 Å². The van der Waals surface area contributed by atoms with E-state index < -0.39 is 5.60 Å². The van der Waals surface area contributed by atoms with E-state index in [0.29, 0.717) is 19.5 Å². The van der Waals surface area contributed by atoms with E-state index in [1.165, 1.54) is 0 Å². The number of amides is 2. The SMILES string of the molecule is CC(C)(C)OC(=O)N1CCCC(NC(=O)Cc2ccsc2)C1. The Labute approximate surface area is 135 Å². The van der Waals surface area contributed by atoms with E-state index >= 15 is 0 Å². The molecule has 2 heterocycles. The normalized spacial score (nSPS) is 18.9. The van der Waals surface area contributed by atoms with E-state index in [4.69, 9.17) is 4.74 Å². The highest BCUT2D eigenvalue weighted by atomic mass is 32.1. The molecule has 5 nitrogen and oxygen atoms in total. The molecule has 1 aliphatic heterocycles. The lowest BCUT2D eigenvalue weighted by Crippen LogP contribution is -2.50. The Kier molecular flexibility index (Phi) is 5.45. The van der Waals surface area contributed by atoms with Crippen molar-refractivity contribution in [3.63, 3.8) is 0 Å². The first-order valence-electron chi connectivity index (χ1n) is 7.62. The molecule has 2 rings (SSSR count). The molecule has 0 aliphatic carbocycles. The number of rotatable bonds is 3. The van der Waals surface area contributed by atoms with Crippen molar-refractivity contribution in [1.29, 1.82) is 0 Å². The summed E-state index contributed by atoms with van der Waals surface area (Å²) in [4.78, 5) is 25.8. The Hall–Kier alpha value is -1.56. The number of hydrogen-bond acceptors (Lipinski definition) is 4. The fourth-order valence-corrected chi connectivity index (χ4v) is 3.11. The average molecular weight is 324 g/mol. The minimum Gasteiger partial charge on any atom is -0.444 e. The lowest BCUT2D eigenvalue weighted by molar-refractivity contribution is -0.121. The van der Waals surface area contributed by atoms with E-state index in [2.05, 4.69) is 5.32 Å². The third kappa shape index (κ3) is 5.33. The molecule has 1 N–H and O–H groups in total. The molecule has 2 amide bonds. The van der Waals surface area contributed by atoms with Crippen molar-refractivity contribution in [3.05, 3.63) is 22.4 Å². The number of nitrogens with one attached hydrogen (secondary N) is 1. The summed E-state index contributed by atoms with van der Waals surface area (Å²) in [6, 6.07) is 1.96. The molecule has 0 aromatic carbocycles. The van der Waals surface area contributed by atoms with Crippen molar-refractivity contribution in [1.82, 2.24) is 10.2 Å². The fourth-order valence-electron chi connectivity index (χ4n) is 2.44. The first-order chi connectivity index (χ1) is 10.3. The van der Waals surface area contributed by atoms with Crippen LogP contribution in [0.4, 0.5) is 4.79 Å². The Morgan fingerprint density at radius 2 is 2.23 bits per heavy atom. The monoisotopic (exact) mass is 324 g/mol. The zero-order valence-electron chi connectivity index (χ0n) is 13.4. The van der Waals surface area contributed by atoms with Crippen LogP contribution in [0.5, 0.6) is 0 Å². The maximum absolute atomic E-state index is 12.1. The second kappa shape index (κ2) is 7.13. The van der Waals surface area contributed by atoms with Crippen molar-refractivity contribution < 1.29 is 14.3 Å². The van der Waals surface area contributed by atoms with Crippen molar-refractivity contribution in [2.45, 2.75) is 51.7 Å². The van der Waals surface area contributed by atoms with E-state index in [1.807, 2.05) is 37.6 Å². The van der Waals surface area contributed by atoms with Crippen LogP contribution in [0.2, 0.25) is 0 Å². The first kappa shape index (κ1) is 16.8. The predicted molar refractivity (Wildman–Crippen MR) is 87.0 cm³/mol. The van der Waals surface area contributed by atoms with Gasteiger partial charge in [0, 0.05) is 19.1 Å². The smallest absolute Gasteiger partial charge is 0.410 e. The van der Waals surface area contributed by atoms with Crippen LogP contribution in [-0.4, -0.2) is 41.6 Å². The fraction of sp³-hybridized carbons (Fsp3) is 0.625. The highest BCUT2D eigenvalue weighted by Gasteiger charge is 2.28. The topological polar surface area (TPSA) is 58.6 Å². The van der Waals surface area contributed by atoms with Gasteiger partial charge in [-0.2, -0.15) is 11.3 Å². The van der Waals surface area contributed by atoms with Crippen LogP contribution in [0.1, 0.15) is 39.2 Å². The zero-order chi connectivity index (χ0) is 16.2.